The third-order valence-corrected chi connectivity index (χ3v) is 4.47. The van der Waals surface area contributed by atoms with Gasteiger partial charge in [0.2, 0.25) is 0 Å². The van der Waals surface area contributed by atoms with Gasteiger partial charge >= 0.3 is 0 Å². The summed E-state index contributed by atoms with van der Waals surface area (Å²) in [6.45, 7) is 1.52. The molecule has 2 saturated carbocycles. The zero-order valence-electron chi connectivity index (χ0n) is 10.5. The lowest BCUT2D eigenvalue weighted by atomic mass is 9.95. The van der Waals surface area contributed by atoms with Crippen LogP contribution in [0.25, 0.3) is 0 Å². The Labute approximate surface area is 99.8 Å². The average Bonchev–Trinajstić information content (AvgIpc) is 2.97. The number of hydrogen-bond acceptors (Lipinski definition) is 2. The molecule has 0 aromatic heterocycles. The number of nitrogens with one attached hydrogen (secondary N) is 1. The monoisotopic (exact) mass is 225 g/mol. The Hall–Kier alpha value is -0.0800. The molecule has 2 rings (SSSR count). The van der Waals surface area contributed by atoms with Gasteiger partial charge in [-0.15, -0.1) is 0 Å². The molecule has 0 atom stereocenters. The molecule has 94 valence electrons. The van der Waals surface area contributed by atoms with Crippen molar-refractivity contribution in [1.29, 1.82) is 0 Å². The van der Waals surface area contributed by atoms with E-state index in [-0.39, 0.29) is 0 Å². The smallest absolute Gasteiger partial charge is 0.0436 e. The van der Waals surface area contributed by atoms with Crippen molar-refractivity contribution in [1.82, 2.24) is 5.32 Å². The molecule has 2 nitrogen and oxygen atoms in total. The lowest BCUT2D eigenvalue weighted by Crippen LogP contribution is -2.35. The minimum absolute atomic E-state index is 0.367. The summed E-state index contributed by atoms with van der Waals surface area (Å²) in [7, 11) is 0. The molecule has 0 bridgehead atoms. The van der Waals surface area contributed by atoms with Crippen LogP contribution in [-0.4, -0.2) is 24.3 Å². The molecule has 2 heteroatoms. The molecule has 2 N–H and O–H groups in total. The van der Waals surface area contributed by atoms with Crippen LogP contribution >= 0.6 is 0 Å². The second kappa shape index (κ2) is 6.02. The lowest BCUT2D eigenvalue weighted by Gasteiger charge is -2.24. The van der Waals surface area contributed by atoms with Crippen LogP contribution in [-0.2, 0) is 0 Å². The van der Waals surface area contributed by atoms with Crippen molar-refractivity contribution in [3.63, 3.8) is 0 Å². The second-order valence-corrected chi connectivity index (χ2v) is 5.90. The highest BCUT2D eigenvalue weighted by molar-refractivity contribution is 4.95. The van der Waals surface area contributed by atoms with Crippen molar-refractivity contribution in [3.8, 4) is 0 Å². The zero-order chi connectivity index (χ0) is 11.3. The SMILES string of the molecule is OCCC1(CNC2CCCCCCC2)CC1. The Morgan fingerprint density at radius 2 is 1.62 bits per heavy atom. The standard InChI is InChI=1S/C14H27NO/c16-11-10-14(8-9-14)12-15-13-6-4-2-1-3-5-7-13/h13,15-16H,1-12H2. The minimum Gasteiger partial charge on any atom is -0.396 e. The Bertz CT molecular complexity index is 193. The Kier molecular flexibility index (Phi) is 4.66. The first kappa shape index (κ1) is 12.4. The predicted molar refractivity (Wildman–Crippen MR) is 67.5 cm³/mol. The molecular weight excluding hydrogens is 198 g/mol. The molecule has 0 unspecified atom stereocenters. The van der Waals surface area contributed by atoms with Crippen LogP contribution in [0, 0.1) is 5.41 Å². The maximum absolute atomic E-state index is 9.03. The molecule has 0 amide bonds. The highest BCUT2D eigenvalue weighted by Gasteiger charge is 2.41. The average molecular weight is 225 g/mol. The largest absolute Gasteiger partial charge is 0.396 e. The van der Waals surface area contributed by atoms with Gasteiger partial charge in [-0.05, 0) is 37.5 Å². The number of aliphatic hydroxyl groups excluding tert-OH is 1. The molecule has 0 heterocycles. The molecule has 0 aromatic carbocycles. The first-order chi connectivity index (χ1) is 7.85. The fourth-order valence-corrected chi connectivity index (χ4v) is 2.95. The van der Waals surface area contributed by atoms with Crippen molar-refractivity contribution in [2.45, 2.75) is 70.3 Å². The van der Waals surface area contributed by atoms with Gasteiger partial charge < -0.3 is 10.4 Å². The summed E-state index contributed by atoms with van der Waals surface area (Å²) in [5.41, 5.74) is 0.483. The maximum Gasteiger partial charge on any atom is 0.0436 e. The van der Waals surface area contributed by atoms with Crippen molar-refractivity contribution in [3.05, 3.63) is 0 Å². The molecule has 0 spiro atoms. The van der Waals surface area contributed by atoms with Crippen LogP contribution in [0.2, 0.25) is 0 Å². The summed E-state index contributed by atoms with van der Waals surface area (Å²) in [6, 6.07) is 0.761. The van der Waals surface area contributed by atoms with Gasteiger partial charge in [-0.1, -0.05) is 32.1 Å². The van der Waals surface area contributed by atoms with E-state index in [0.29, 0.717) is 12.0 Å². The van der Waals surface area contributed by atoms with Crippen LogP contribution < -0.4 is 5.32 Å². The predicted octanol–water partition coefficient (Wildman–Crippen LogP) is 2.85. The molecule has 0 radical (unpaired) electrons. The van der Waals surface area contributed by atoms with Gasteiger partial charge in [-0.3, -0.25) is 0 Å². The second-order valence-electron chi connectivity index (χ2n) is 5.90. The van der Waals surface area contributed by atoms with E-state index in [1.165, 1.54) is 57.8 Å². The summed E-state index contributed by atoms with van der Waals surface area (Å²) in [5, 5.41) is 12.8. The third-order valence-electron chi connectivity index (χ3n) is 4.47. The van der Waals surface area contributed by atoms with Gasteiger partial charge in [0, 0.05) is 19.2 Å². The summed E-state index contributed by atoms with van der Waals surface area (Å²) >= 11 is 0. The van der Waals surface area contributed by atoms with E-state index in [1.54, 1.807) is 0 Å². The molecule has 2 fully saturated rings. The fraction of sp³-hybridized carbons (Fsp3) is 1.00. The van der Waals surface area contributed by atoms with E-state index in [4.69, 9.17) is 5.11 Å². The number of aliphatic hydroxyl groups is 1. The van der Waals surface area contributed by atoms with E-state index in [0.717, 1.165) is 19.0 Å². The Balaban J connectivity index is 1.67. The van der Waals surface area contributed by atoms with Crippen LogP contribution in [0.3, 0.4) is 0 Å². The highest BCUT2D eigenvalue weighted by Crippen LogP contribution is 2.48. The van der Waals surface area contributed by atoms with Gasteiger partial charge in [-0.2, -0.15) is 0 Å². The Morgan fingerprint density at radius 1 is 1.00 bits per heavy atom. The van der Waals surface area contributed by atoms with Gasteiger partial charge in [-0.25, -0.2) is 0 Å². The molecule has 0 aliphatic heterocycles. The first-order valence-electron chi connectivity index (χ1n) is 7.19. The van der Waals surface area contributed by atoms with Crippen molar-refractivity contribution >= 4 is 0 Å². The quantitative estimate of drug-likeness (QED) is 0.754. The summed E-state index contributed by atoms with van der Waals surface area (Å²) < 4.78 is 0. The van der Waals surface area contributed by atoms with Crippen molar-refractivity contribution < 1.29 is 5.11 Å². The summed E-state index contributed by atoms with van der Waals surface area (Å²) in [4.78, 5) is 0. The van der Waals surface area contributed by atoms with Gasteiger partial charge in [0.15, 0.2) is 0 Å². The van der Waals surface area contributed by atoms with Gasteiger partial charge in [0.25, 0.3) is 0 Å². The van der Waals surface area contributed by atoms with E-state index in [9.17, 15) is 0 Å². The number of rotatable bonds is 5. The van der Waals surface area contributed by atoms with Crippen molar-refractivity contribution in [2.24, 2.45) is 5.41 Å². The zero-order valence-corrected chi connectivity index (χ0v) is 10.5. The minimum atomic E-state index is 0.367. The number of hydrogen-bond donors (Lipinski definition) is 2. The van der Waals surface area contributed by atoms with Crippen LogP contribution in [0.1, 0.15) is 64.2 Å². The maximum atomic E-state index is 9.03. The fourth-order valence-electron chi connectivity index (χ4n) is 2.95. The van der Waals surface area contributed by atoms with Gasteiger partial charge in [0.1, 0.15) is 0 Å². The third kappa shape index (κ3) is 3.74. The highest BCUT2D eigenvalue weighted by atomic mass is 16.3. The van der Waals surface area contributed by atoms with Gasteiger partial charge in [0.05, 0.1) is 0 Å². The molecule has 2 aliphatic carbocycles. The lowest BCUT2D eigenvalue weighted by molar-refractivity contribution is 0.239. The van der Waals surface area contributed by atoms with E-state index >= 15 is 0 Å². The van der Waals surface area contributed by atoms with Crippen LogP contribution in [0.15, 0.2) is 0 Å². The van der Waals surface area contributed by atoms with E-state index in [1.807, 2.05) is 0 Å². The summed E-state index contributed by atoms with van der Waals surface area (Å²) in [6.07, 6.45) is 13.5. The summed E-state index contributed by atoms with van der Waals surface area (Å²) in [5.74, 6) is 0. The Morgan fingerprint density at radius 3 is 2.19 bits per heavy atom. The topological polar surface area (TPSA) is 32.3 Å². The van der Waals surface area contributed by atoms with Crippen LogP contribution in [0.5, 0.6) is 0 Å². The normalized spacial score (nSPS) is 26.1. The first-order valence-corrected chi connectivity index (χ1v) is 7.19. The molecule has 2 aliphatic rings. The van der Waals surface area contributed by atoms with E-state index in [2.05, 4.69) is 5.32 Å². The van der Waals surface area contributed by atoms with Crippen molar-refractivity contribution in [2.75, 3.05) is 13.2 Å². The molecule has 16 heavy (non-hydrogen) atoms. The van der Waals surface area contributed by atoms with E-state index < -0.39 is 0 Å². The van der Waals surface area contributed by atoms with Crippen LogP contribution in [0.4, 0.5) is 0 Å². The molecule has 0 saturated heterocycles. The molecule has 0 aromatic rings. The molecular formula is C14H27NO.